The number of aryl methyl sites for hydroxylation is 1. The van der Waals surface area contributed by atoms with Crippen molar-refractivity contribution in [2.45, 2.75) is 30.7 Å². The lowest BCUT2D eigenvalue weighted by Gasteiger charge is -2.15. The number of thioether (sulfide) groups is 1. The van der Waals surface area contributed by atoms with E-state index in [-0.39, 0.29) is 5.91 Å². The number of rotatable bonds is 7. The molecule has 1 amide bonds. The zero-order chi connectivity index (χ0) is 24.2. The minimum Gasteiger partial charge on any atom is -0.496 e. The number of nitrogens with zero attached hydrogens (tertiary/aromatic N) is 4. The zero-order valence-corrected chi connectivity index (χ0v) is 20.8. The third kappa shape index (κ3) is 4.95. The van der Waals surface area contributed by atoms with E-state index in [1.54, 1.807) is 18.9 Å². The first-order valence-electron chi connectivity index (χ1n) is 11.8. The monoisotopic (exact) mass is 484 g/mol. The first kappa shape index (κ1) is 23.2. The van der Waals surface area contributed by atoms with Crippen LogP contribution < -0.4 is 4.74 Å². The normalized spacial score (nSPS) is 13.3. The quantitative estimate of drug-likeness (QED) is 0.311. The second-order valence-corrected chi connectivity index (χ2v) is 9.60. The number of para-hydroxylation sites is 1. The predicted molar refractivity (Wildman–Crippen MR) is 139 cm³/mol. The maximum absolute atomic E-state index is 12.6. The molecular weight excluding hydrogens is 456 g/mol. The van der Waals surface area contributed by atoms with E-state index < -0.39 is 0 Å². The number of carbonyl (C=O) groups is 1. The van der Waals surface area contributed by atoms with Crippen molar-refractivity contribution >= 4 is 17.7 Å². The fourth-order valence-corrected chi connectivity index (χ4v) is 5.20. The molecule has 1 fully saturated rings. The molecular formula is C28H28N4O2S. The van der Waals surface area contributed by atoms with Crippen molar-refractivity contribution in [3.8, 4) is 22.8 Å². The van der Waals surface area contributed by atoms with E-state index in [0.717, 1.165) is 65.0 Å². The Morgan fingerprint density at radius 3 is 2.37 bits per heavy atom. The average Bonchev–Trinajstić information content (AvgIpc) is 3.58. The van der Waals surface area contributed by atoms with Crippen molar-refractivity contribution in [1.29, 1.82) is 0 Å². The van der Waals surface area contributed by atoms with Crippen molar-refractivity contribution < 1.29 is 9.53 Å². The average molecular weight is 485 g/mol. The van der Waals surface area contributed by atoms with Gasteiger partial charge in [0.05, 0.1) is 12.7 Å². The molecule has 3 aromatic carbocycles. The number of amides is 1. The molecule has 0 N–H and O–H groups in total. The Kier molecular flexibility index (Phi) is 6.86. The molecule has 5 rings (SSSR count). The van der Waals surface area contributed by atoms with Crippen LogP contribution in [0.4, 0.5) is 0 Å². The van der Waals surface area contributed by atoms with Gasteiger partial charge < -0.3 is 9.64 Å². The number of carbonyl (C=O) groups excluding carboxylic acids is 1. The van der Waals surface area contributed by atoms with Crippen LogP contribution in [0.25, 0.3) is 17.1 Å². The zero-order valence-electron chi connectivity index (χ0n) is 20.0. The van der Waals surface area contributed by atoms with Gasteiger partial charge in [0.2, 0.25) is 0 Å². The van der Waals surface area contributed by atoms with Crippen LogP contribution in [0.3, 0.4) is 0 Å². The summed E-state index contributed by atoms with van der Waals surface area (Å²) in [6.07, 6.45) is 2.19. The van der Waals surface area contributed by atoms with Gasteiger partial charge in [-0.25, -0.2) is 0 Å². The summed E-state index contributed by atoms with van der Waals surface area (Å²) in [6.45, 7) is 3.80. The third-order valence-electron chi connectivity index (χ3n) is 6.24. The molecule has 35 heavy (non-hydrogen) atoms. The van der Waals surface area contributed by atoms with Crippen molar-refractivity contribution in [3.63, 3.8) is 0 Å². The molecule has 178 valence electrons. The molecule has 7 heteroatoms. The summed E-state index contributed by atoms with van der Waals surface area (Å²) in [6, 6.07) is 24.1. The lowest BCUT2D eigenvalue weighted by atomic mass is 10.1. The number of likely N-dealkylation sites (tertiary alicyclic amines) is 1. The number of hydrogen-bond acceptors (Lipinski definition) is 5. The van der Waals surface area contributed by atoms with E-state index in [9.17, 15) is 4.79 Å². The van der Waals surface area contributed by atoms with Crippen molar-refractivity contribution in [2.24, 2.45) is 0 Å². The van der Waals surface area contributed by atoms with Gasteiger partial charge in [0.25, 0.3) is 5.91 Å². The maximum Gasteiger partial charge on any atom is 0.253 e. The highest BCUT2D eigenvalue weighted by molar-refractivity contribution is 7.98. The molecule has 0 spiro atoms. The summed E-state index contributed by atoms with van der Waals surface area (Å²) in [7, 11) is 1.67. The SMILES string of the molecule is COc1ccccc1-c1nnc(SCc2ccc(C(=O)N3CCCC3)cc2)n1-c1ccc(C)cc1. The number of benzene rings is 3. The maximum atomic E-state index is 12.6. The van der Waals surface area contributed by atoms with Crippen LogP contribution >= 0.6 is 11.8 Å². The Balaban J connectivity index is 1.41. The lowest BCUT2D eigenvalue weighted by Crippen LogP contribution is -2.27. The largest absolute Gasteiger partial charge is 0.496 e. The summed E-state index contributed by atoms with van der Waals surface area (Å²) in [5, 5.41) is 9.89. The minimum absolute atomic E-state index is 0.127. The van der Waals surface area contributed by atoms with Crippen molar-refractivity contribution in [2.75, 3.05) is 20.2 Å². The van der Waals surface area contributed by atoms with Crippen LogP contribution in [0.5, 0.6) is 5.75 Å². The molecule has 4 aromatic rings. The molecule has 0 radical (unpaired) electrons. The van der Waals surface area contributed by atoms with Gasteiger partial charge in [-0.05, 0) is 61.7 Å². The van der Waals surface area contributed by atoms with Gasteiger partial charge in [-0.2, -0.15) is 0 Å². The van der Waals surface area contributed by atoms with Crippen LogP contribution in [0.1, 0.15) is 34.3 Å². The van der Waals surface area contributed by atoms with E-state index in [1.807, 2.05) is 53.4 Å². The van der Waals surface area contributed by atoms with Crippen LogP contribution in [0.2, 0.25) is 0 Å². The second-order valence-electron chi connectivity index (χ2n) is 8.66. The fourth-order valence-electron chi connectivity index (χ4n) is 4.29. The number of ether oxygens (including phenoxy) is 1. The Labute approximate surface area is 210 Å². The van der Waals surface area contributed by atoms with Gasteiger partial charge in [-0.3, -0.25) is 9.36 Å². The molecule has 1 aliphatic rings. The van der Waals surface area contributed by atoms with E-state index >= 15 is 0 Å². The van der Waals surface area contributed by atoms with Crippen molar-refractivity contribution in [3.05, 3.63) is 89.5 Å². The van der Waals surface area contributed by atoms with Crippen LogP contribution in [-0.2, 0) is 5.75 Å². The van der Waals surface area contributed by atoms with Crippen molar-refractivity contribution in [1.82, 2.24) is 19.7 Å². The molecule has 0 aliphatic carbocycles. The second kappa shape index (κ2) is 10.4. The van der Waals surface area contributed by atoms with Gasteiger partial charge >= 0.3 is 0 Å². The summed E-state index contributed by atoms with van der Waals surface area (Å²) in [5.74, 6) is 2.33. The highest BCUT2D eigenvalue weighted by Gasteiger charge is 2.20. The number of aromatic nitrogens is 3. The first-order valence-corrected chi connectivity index (χ1v) is 12.8. The molecule has 0 unspecified atom stereocenters. The first-order chi connectivity index (χ1) is 17.1. The fraction of sp³-hybridized carbons (Fsp3) is 0.250. The predicted octanol–water partition coefficient (Wildman–Crippen LogP) is 5.78. The summed E-state index contributed by atoms with van der Waals surface area (Å²) in [5.41, 5.74) is 4.96. The van der Waals surface area contributed by atoms with Crippen LogP contribution in [-0.4, -0.2) is 45.8 Å². The minimum atomic E-state index is 0.127. The van der Waals surface area contributed by atoms with Crippen LogP contribution in [0.15, 0.2) is 78.0 Å². The smallest absolute Gasteiger partial charge is 0.253 e. The van der Waals surface area contributed by atoms with E-state index in [0.29, 0.717) is 5.75 Å². The number of methoxy groups -OCH3 is 1. The Hall–Kier alpha value is -3.58. The Morgan fingerprint density at radius 2 is 1.66 bits per heavy atom. The van der Waals surface area contributed by atoms with Gasteiger partial charge in [-0.1, -0.05) is 53.7 Å². The molecule has 1 saturated heterocycles. The van der Waals surface area contributed by atoms with E-state index in [2.05, 4.69) is 46.0 Å². The highest BCUT2D eigenvalue weighted by atomic mass is 32.2. The van der Waals surface area contributed by atoms with Gasteiger partial charge in [0.15, 0.2) is 11.0 Å². The molecule has 2 heterocycles. The standard InChI is InChI=1S/C28H28N4O2S/c1-20-9-15-23(16-10-20)32-26(24-7-3-4-8-25(24)34-2)29-30-28(32)35-19-21-11-13-22(14-12-21)27(33)31-17-5-6-18-31/h3-4,7-16H,5-6,17-19H2,1-2H3. The van der Waals surface area contributed by atoms with E-state index in [4.69, 9.17) is 4.74 Å². The molecule has 1 aromatic heterocycles. The summed E-state index contributed by atoms with van der Waals surface area (Å²) >= 11 is 1.62. The number of hydrogen-bond donors (Lipinski definition) is 0. The molecule has 1 aliphatic heterocycles. The topological polar surface area (TPSA) is 60.3 Å². The van der Waals surface area contributed by atoms with Gasteiger partial charge in [0.1, 0.15) is 5.75 Å². The Bertz CT molecular complexity index is 1310. The van der Waals surface area contributed by atoms with Crippen LogP contribution in [0, 0.1) is 6.92 Å². The summed E-state index contributed by atoms with van der Waals surface area (Å²) < 4.78 is 7.67. The Morgan fingerprint density at radius 1 is 0.943 bits per heavy atom. The molecule has 0 bridgehead atoms. The molecule has 0 saturated carbocycles. The molecule has 6 nitrogen and oxygen atoms in total. The van der Waals surface area contributed by atoms with E-state index in [1.165, 1.54) is 5.56 Å². The molecule has 0 atom stereocenters. The van der Waals surface area contributed by atoms with Gasteiger partial charge in [-0.15, -0.1) is 10.2 Å². The lowest BCUT2D eigenvalue weighted by molar-refractivity contribution is 0.0793. The highest BCUT2D eigenvalue weighted by Crippen LogP contribution is 2.34. The summed E-state index contributed by atoms with van der Waals surface area (Å²) in [4.78, 5) is 14.6. The third-order valence-corrected chi connectivity index (χ3v) is 7.24. The van der Waals surface area contributed by atoms with Gasteiger partial charge in [0, 0.05) is 30.1 Å².